The zero-order chi connectivity index (χ0) is 13.5. The van der Waals surface area contributed by atoms with Crippen LogP contribution in [0.1, 0.15) is 53.4 Å². The van der Waals surface area contributed by atoms with Gasteiger partial charge < -0.3 is 5.11 Å². The Kier molecular flexibility index (Phi) is 2.52. The maximum absolute atomic E-state index is 10.2. The molecule has 0 aromatic rings. The predicted molar refractivity (Wildman–Crippen MR) is 77.5 cm³/mol. The Morgan fingerprint density at radius 1 is 0.895 bits per heavy atom. The van der Waals surface area contributed by atoms with Crippen LogP contribution in [0.15, 0.2) is 0 Å². The lowest BCUT2D eigenvalue weighted by molar-refractivity contribution is 0.00185. The summed E-state index contributed by atoms with van der Waals surface area (Å²) in [5.74, 6) is 8.98. The van der Waals surface area contributed by atoms with E-state index in [-0.39, 0.29) is 0 Å². The summed E-state index contributed by atoms with van der Waals surface area (Å²) >= 11 is 0. The van der Waals surface area contributed by atoms with Crippen LogP contribution in [0, 0.1) is 53.3 Å². The first-order valence-electron chi connectivity index (χ1n) is 8.59. The molecular weight excluding hydrogens is 232 g/mol. The van der Waals surface area contributed by atoms with Crippen LogP contribution in [-0.2, 0) is 0 Å². The fourth-order valence-electron chi connectivity index (χ4n) is 7.24. The van der Waals surface area contributed by atoms with Gasteiger partial charge in [-0.2, -0.15) is 0 Å². The minimum Gasteiger partial charge on any atom is -0.390 e. The molecule has 4 aliphatic carbocycles. The van der Waals surface area contributed by atoms with Crippen LogP contribution in [0.5, 0.6) is 0 Å². The van der Waals surface area contributed by atoms with E-state index in [0.29, 0.717) is 0 Å². The standard InChI is InChI=1S/C18H30O/c1-9-10(2)14-7-13(9)16-11-5-12(8-18(3,4)19)15(6-11)17(14)16/h9-17,19H,5-8H2,1-4H3. The molecule has 1 heteroatoms. The number of rotatable bonds is 2. The molecule has 1 N–H and O–H groups in total. The van der Waals surface area contributed by atoms with Gasteiger partial charge in [0, 0.05) is 0 Å². The van der Waals surface area contributed by atoms with E-state index in [1.807, 2.05) is 13.8 Å². The van der Waals surface area contributed by atoms with Gasteiger partial charge in [0.1, 0.15) is 0 Å². The molecule has 0 heterocycles. The van der Waals surface area contributed by atoms with E-state index in [2.05, 4.69) is 13.8 Å². The first kappa shape index (κ1) is 12.7. The third kappa shape index (κ3) is 1.63. The second-order valence-electron chi connectivity index (χ2n) is 9.11. The molecule has 9 unspecified atom stereocenters. The highest BCUT2D eigenvalue weighted by atomic mass is 16.3. The minimum atomic E-state index is -0.457. The molecule has 0 radical (unpaired) electrons. The average Bonchev–Trinajstić information content (AvgIpc) is 2.96. The number of hydrogen-bond donors (Lipinski definition) is 1. The summed E-state index contributed by atoms with van der Waals surface area (Å²) in [6, 6.07) is 0. The van der Waals surface area contributed by atoms with Crippen LogP contribution < -0.4 is 0 Å². The van der Waals surface area contributed by atoms with E-state index in [4.69, 9.17) is 0 Å². The molecule has 1 nitrogen and oxygen atoms in total. The Balaban J connectivity index is 1.57. The monoisotopic (exact) mass is 262 g/mol. The molecule has 108 valence electrons. The first-order chi connectivity index (χ1) is 8.87. The van der Waals surface area contributed by atoms with Crippen LogP contribution >= 0.6 is 0 Å². The van der Waals surface area contributed by atoms with Crippen molar-refractivity contribution in [2.75, 3.05) is 0 Å². The van der Waals surface area contributed by atoms with Crippen molar-refractivity contribution in [1.82, 2.24) is 0 Å². The molecule has 4 fully saturated rings. The third-order valence-electron chi connectivity index (χ3n) is 7.74. The Hall–Kier alpha value is -0.0400. The van der Waals surface area contributed by atoms with Crippen LogP contribution in [0.4, 0.5) is 0 Å². The van der Waals surface area contributed by atoms with Gasteiger partial charge in [-0.3, -0.25) is 0 Å². The summed E-state index contributed by atoms with van der Waals surface area (Å²) < 4.78 is 0. The summed E-state index contributed by atoms with van der Waals surface area (Å²) in [5.41, 5.74) is -0.457. The Morgan fingerprint density at radius 2 is 1.53 bits per heavy atom. The molecular formula is C18H30O. The van der Waals surface area contributed by atoms with Gasteiger partial charge in [-0.15, -0.1) is 0 Å². The van der Waals surface area contributed by atoms with Crippen molar-refractivity contribution < 1.29 is 5.11 Å². The number of aliphatic hydroxyl groups is 1. The van der Waals surface area contributed by atoms with Gasteiger partial charge >= 0.3 is 0 Å². The first-order valence-corrected chi connectivity index (χ1v) is 8.59. The Morgan fingerprint density at radius 3 is 2.16 bits per heavy atom. The van der Waals surface area contributed by atoms with Crippen molar-refractivity contribution >= 4 is 0 Å². The molecule has 4 saturated carbocycles. The van der Waals surface area contributed by atoms with E-state index in [0.717, 1.165) is 59.7 Å². The molecule has 4 aliphatic rings. The Labute approximate surface area is 118 Å². The maximum Gasteiger partial charge on any atom is 0.0594 e. The summed E-state index contributed by atoms with van der Waals surface area (Å²) in [6.45, 7) is 9.04. The van der Waals surface area contributed by atoms with Crippen molar-refractivity contribution in [3.63, 3.8) is 0 Å². The zero-order valence-corrected chi connectivity index (χ0v) is 13.0. The number of fused-ring (bicyclic) bond motifs is 9. The van der Waals surface area contributed by atoms with Gasteiger partial charge in [-0.05, 0) is 92.8 Å². The highest BCUT2D eigenvalue weighted by Crippen LogP contribution is 2.71. The second kappa shape index (κ2) is 3.78. The zero-order valence-electron chi connectivity index (χ0n) is 13.0. The summed E-state index contributed by atoms with van der Waals surface area (Å²) in [4.78, 5) is 0. The van der Waals surface area contributed by atoms with Gasteiger partial charge in [0.15, 0.2) is 0 Å². The topological polar surface area (TPSA) is 20.2 Å². The number of hydrogen-bond acceptors (Lipinski definition) is 1. The van der Waals surface area contributed by atoms with Gasteiger partial charge in [0.2, 0.25) is 0 Å². The van der Waals surface area contributed by atoms with Gasteiger partial charge in [0.25, 0.3) is 0 Å². The summed E-state index contributed by atoms with van der Waals surface area (Å²) in [7, 11) is 0. The second-order valence-corrected chi connectivity index (χ2v) is 9.11. The molecule has 0 amide bonds. The fourth-order valence-corrected chi connectivity index (χ4v) is 7.24. The van der Waals surface area contributed by atoms with Crippen molar-refractivity contribution in [2.24, 2.45) is 53.3 Å². The van der Waals surface area contributed by atoms with E-state index < -0.39 is 5.60 Å². The molecule has 0 aromatic carbocycles. The molecule has 4 rings (SSSR count). The molecule has 9 atom stereocenters. The van der Waals surface area contributed by atoms with E-state index >= 15 is 0 Å². The molecule has 4 bridgehead atoms. The van der Waals surface area contributed by atoms with Crippen molar-refractivity contribution in [3.8, 4) is 0 Å². The lowest BCUT2D eigenvalue weighted by atomic mass is 9.61. The normalized spacial score (nSPS) is 58.9. The SMILES string of the molecule is CC1C(C)C2CC1C1C3CC(CC(C)(C)O)C(C3)C21. The highest BCUT2D eigenvalue weighted by molar-refractivity contribution is 5.14. The van der Waals surface area contributed by atoms with Crippen LogP contribution in [0.3, 0.4) is 0 Å². The van der Waals surface area contributed by atoms with Gasteiger partial charge in [-0.1, -0.05) is 13.8 Å². The van der Waals surface area contributed by atoms with Crippen molar-refractivity contribution in [1.29, 1.82) is 0 Å². The van der Waals surface area contributed by atoms with Crippen LogP contribution in [-0.4, -0.2) is 10.7 Å². The molecule has 19 heavy (non-hydrogen) atoms. The fraction of sp³-hybridized carbons (Fsp3) is 1.00. The molecule has 0 aromatic heterocycles. The van der Waals surface area contributed by atoms with Crippen LogP contribution in [0.25, 0.3) is 0 Å². The molecule has 0 spiro atoms. The third-order valence-corrected chi connectivity index (χ3v) is 7.74. The smallest absolute Gasteiger partial charge is 0.0594 e. The van der Waals surface area contributed by atoms with Crippen LogP contribution in [0.2, 0.25) is 0 Å². The molecule has 0 saturated heterocycles. The lowest BCUT2D eigenvalue weighted by Crippen LogP contribution is -2.40. The summed E-state index contributed by atoms with van der Waals surface area (Å²) in [6.07, 6.45) is 5.52. The van der Waals surface area contributed by atoms with E-state index in [1.54, 1.807) is 6.42 Å². The molecule has 0 aliphatic heterocycles. The van der Waals surface area contributed by atoms with Gasteiger partial charge in [-0.25, -0.2) is 0 Å². The van der Waals surface area contributed by atoms with E-state index in [9.17, 15) is 5.11 Å². The maximum atomic E-state index is 10.2. The predicted octanol–water partition coefficient (Wildman–Crippen LogP) is 3.96. The summed E-state index contributed by atoms with van der Waals surface area (Å²) in [5, 5.41) is 10.2. The largest absolute Gasteiger partial charge is 0.390 e. The average molecular weight is 262 g/mol. The van der Waals surface area contributed by atoms with Gasteiger partial charge in [0.05, 0.1) is 5.60 Å². The highest BCUT2D eigenvalue weighted by Gasteiger charge is 2.65. The van der Waals surface area contributed by atoms with E-state index in [1.165, 1.54) is 12.8 Å². The minimum absolute atomic E-state index is 0.457. The quantitative estimate of drug-likeness (QED) is 0.747. The van der Waals surface area contributed by atoms with Crippen molar-refractivity contribution in [2.45, 2.75) is 59.0 Å². The Bertz CT molecular complexity index is 382. The lowest BCUT2D eigenvalue weighted by Gasteiger charge is -2.44. The van der Waals surface area contributed by atoms with Crippen molar-refractivity contribution in [3.05, 3.63) is 0 Å².